The van der Waals surface area contributed by atoms with Gasteiger partial charge in [-0.3, -0.25) is 14.4 Å². The van der Waals surface area contributed by atoms with Crippen molar-refractivity contribution in [2.45, 2.75) is 19.3 Å². The Bertz CT molecular complexity index is 914. The van der Waals surface area contributed by atoms with Gasteiger partial charge in [0, 0.05) is 34.9 Å². The molecule has 2 aromatic rings. The van der Waals surface area contributed by atoms with Gasteiger partial charge in [0.2, 0.25) is 5.91 Å². The number of nitrogens with zero attached hydrogens (tertiary/aromatic N) is 1. The van der Waals surface area contributed by atoms with Gasteiger partial charge in [0.15, 0.2) is 6.61 Å². The van der Waals surface area contributed by atoms with Crippen molar-refractivity contribution in [1.82, 2.24) is 0 Å². The molecule has 29 heavy (non-hydrogen) atoms. The van der Waals surface area contributed by atoms with E-state index in [2.05, 4.69) is 5.32 Å². The molecule has 2 aromatic carbocycles. The van der Waals surface area contributed by atoms with Crippen molar-refractivity contribution in [3.63, 3.8) is 0 Å². The molecule has 0 spiro atoms. The van der Waals surface area contributed by atoms with Crippen LogP contribution in [0.5, 0.6) is 5.75 Å². The second kappa shape index (κ2) is 9.43. The summed E-state index contributed by atoms with van der Waals surface area (Å²) in [6.07, 6.45) is 1.35. The SMILES string of the molecule is COc1ccc(Cl)cc1CC(=O)OCC(=O)Nc1ccc(N2CCCC2=O)cc1. The highest BCUT2D eigenvalue weighted by Gasteiger charge is 2.21. The molecule has 0 unspecified atom stereocenters. The quantitative estimate of drug-likeness (QED) is 0.700. The van der Waals surface area contributed by atoms with Crippen LogP contribution in [0.4, 0.5) is 11.4 Å². The number of amides is 2. The molecule has 1 aliphatic rings. The lowest BCUT2D eigenvalue weighted by Crippen LogP contribution is -2.24. The molecular formula is C21H21ClN2O5. The maximum absolute atomic E-state index is 12.0. The molecule has 3 rings (SSSR count). The normalized spacial score (nSPS) is 13.3. The summed E-state index contributed by atoms with van der Waals surface area (Å²) in [5.41, 5.74) is 1.93. The van der Waals surface area contributed by atoms with E-state index in [1.807, 2.05) is 0 Å². The number of carbonyl (C=O) groups excluding carboxylic acids is 3. The molecule has 7 nitrogen and oxygen atoms in total. The summed E-state index contributed by atoms with van der Waals surface area (Å²) in [5, 5.41) is 3.13. The predicted molar refractivity (Wildman–Crippen MR) is 109 cm³/mol. The zero-order valence-corrected chi connectivity index (χ0v) is 16.7. The van der Waals surface area contributed by atoms with E-state index in [-0.39, 0.29) is 12.3 Å². The van der Waals surface area contributed by atoms with Crippen LogP contribution in [0.15, 0.2) is 42.5 Å². The van der Waals surface area contributed by atoms with Crippen molar-refractivity contribution in [1.29, 1.82) is 0 Å². The Morgan fingerprint density at radius 1 is 1.17 bits per heavy atom. The van der Waals surface area contributed by atoms with Crippen LogP contribution in [0, 0.1) is 0 Å². The second-order valence-electron chi connectivity index (χ2n) is 6.54. The van der Waals surface area contributed by atoms with E-state index in [1.54, 1.807) is 47.4 Å². The molecule has 0 aliphatic carbocycles. The molecule has 0 aromatic heterocycles. The van der Waals surface area contributed by atoms with Gasteiger partial charge in [0.05, 0.1) is 13.5 Å². The molecule has 152 valence electrons. The summed E-state index contributed by atoms with van der Waals surface area (Å²) in [7, 11) is 1.50. The lowest BCUT2D eigenvalue weighted by atomic mass is 10.1. The minimum Gasteiger partial charge on any atom is -0.496 e. The number of carbonyl (C=O) groups is 3. The lowest BCUT2D eigenvalue weighted by molar-refractivity contribution is -0.146. The zero-order chi connectivity index (χ0) is 20.8. The van der Waals surface area contributed by atoms with E-state index in [1.165, 1.54) is 7.11 Å². The molecule has 8 heteroatoms. The van der Waals surface area contributed by atoms with E-state index in [9.17, 15) is 14.4 Å². The first-order valence-electron chi connectivity index (χ1n) is 9.14. The summed E-state index contributed by atoms with van der Waals surface area (Å²) >= 11 is 5.94. The Kier molecular flexibility index (Phi) is 6.72. The Balaban J connectivity index is 1.49. The maximum Gasteiger partial charge on any atom is 0.310 e. The molecule has 1 heterocycles. The van der Waals surface area contributed by atoms with Gasteiger partial charge >= 0.3 is 5.97 Å². The molecule has 0 saturated carbocycles. The van der Waals surface area contributed by atoms with Crippen LogP contribution in [0.2, 0.25) is 5.02 Å². The number of esters is 1. The smallest absolute Gasteiger partial charge is 0.310 e. The summed E-state index contributed by atoms with van der Waals surface area (Å²) in [6.45, 7) is 0.298. The third-order valence-corrected chi connectivity index (χ3v) is 4.71. The first kappa shape index (κ1) is 20.7. The van der Waals surface area contributed by atoms with Crippen LogP contribution < -0.4 is 15.0 Å². The third kappa shape index (κ3) is 5.48. The van der Waals surface area contributed by atoms with Crippen LogP contribution in [0.1, 0.15) is 18.4 Å². The number of hydrogen-bond donors (Lipinski definition) is 1. The number of ether oxygens (including phenoxy) is 2. The Morgan fingerprint density at radius 2 is 1.93 bits per heavy atom. The summed E-state index contributed by atoms with van der Waals surface area (Å²) in [4.78, 5) is 37.6. The van der Waals surface area contributed by atoms with Gasteiger partial charge in [-0.1, -0.05) is 11.6 Å². The Morgan fingerprint density at radius 3 is 2.59 bits per heavy atom. The Labute approximate surface area is 173 Å². The number of anilines is 2. The van der Waals surface area contributed by atoms with Crippen LogP contribution in [0.3, 0.4) is 0 Å². The van der Waals surface area contributed by atoms with Gasteiger partial charge in [0.25, 0.3) is 5.91 Å². The molecular weight excluding hydrogens is 396 g/mol. The fourth-order valence-electron chi connectivity index (χ4n) is 3.08. The van der Waals surface area contributed by atoms with E-state index in [0.29, 0.717) is 35.0 Å². The molecule has 1 aliphatic heterocycles. The number of benzene rings is 2. The van der Waals surface area contributed by atoms with Crippen LogP contribution >= 0.6 is 11.6 Å². The van der Waals surface area contributed by atoms with E-state index in [0.717, 1.165) is 12.1 Å². The molecule has 0 radical (unpaired) electrons. The third-order valence-electron chi connectivity index (χ3n) is 4.48. The number of nitrogens with one attached hydrogen (secondary N) is 1. The van der Waals surface area contributed by atoms with Gasteiger partial charge in [-0.25, -0.2) is 0 Å². The molecule has 1 fully saturated rings. The molecule has 1 N–H and O–H groups in total. The number of rotatable bonds is 7. The average molecular weight is 417 g/mol. The molecule has 1 saturated heterocycles. The van der Waals surface area contributed by atoms with Crippen molar-refractivity contribution in [2.24, 2.45) is 0 Å². The van der Waals surface area contributed by atoms with Crippen molar-refractivity contribution in [3.8, 4) is 5.75 Å². The van der Waals surface area contributed by atoms with Crippen molar-refractivity contribution in [2.75, 3.05) is 30.5 Å². The molecule has 2 amide bonds. The second-order valence-corrected chi connectivity index (χ2v) is 6.97. The predicted octanol–water partition coefficient (Wildman–Crippen LogP) is 3.20. The number of halogens is 1. The summed E-state index contributed by atoms with van der Waals surface area (Å²) < 4.78 is 10.2. The Hall–Kier alpha value is -3.06. The number of hydrogen-bond acceptors (Lipinski definition) is 5. The fraction of sp³-hybridized carbons (Fsp3) is 0.286. The first-order chi connectivity index (χ1) is 14.0. The minimum atomic E-state index is -0.566. The van der Waals surface area contributed by atoms with Crippen LogP contribution in [0.25, 0.3) is 0 Å². The van der Waals surface area contributed by atoms with Crippen molar-refractivity contribution in [3.05, 3.63) is 53.1 Å². The lowest BCUT2D eigenvalue weighted by Gasteiger charge is -2.16. The summed E-state index contributed by atoms with van der Waals surface area (Å²) in [6, 6.07) is 11.9. The van der Waals surface area contributed by atoms with Gasteiger partial charge < -0.3 is 19.7 Å². The van der Waals surface area contributed by atoms with Crippen molar-refractivity contribution < 1.29 is 23.9 Å². The maximum atomic E-state index is 12.0. The summed E-state index contributed by atoms with van der Waals surface area (Å²) in [5.74, 6) is -0.401. The van der Waals surface area contributed by atoms with E-state index >= 15 is 0 Å². The number of methoxy groups -OCH3 is 1. The standard InChI is InChI=1S/C21H21ClN2O5/c1-28-18-9-4-15(22)11-14(18)12-21(27)29-13-19(25)23-16-5-7-17(8-6-16)24-10-2-3-20(24)26/h4-9,11H,2-3,10,12-13H2,1H3,(H,23,25). The molecule has 0 atom stereocenters. The molecule has 0 bridgehead atoms. The highest BCUT2D eigenvalue weighted by atomic mass is 35.5. The largest absolute Gasteiger partial charge is 0.496 e. The topological polar surface area (TPSA) is 84.9 Å². The highest BCUT2D eigenvalue weighted by molar-refractivity contribution is 6.30. The monoisotopic (exact) mass is 416 g/mol. The van der Waals surface area contributed by atoms with Gasteiger partial charge in [0.1, 0.15) is 5.75 Å². The van der Waals surface area contributed by atoms with Gasteiger partial charge in [-0.15, -0.1) is 0 Å². The fourth-order valence-corrected chi connectivity index (χ4v) is 3.28. The van der Waals surface area contributed by atoms with Crippen LogP contribution in [-0.4, -0.2) is 38.0 Å². The first-order valence-corrected chi connectivity index (χ1v) is 9.52. The van der Waals surface area contributed by atoms with E-state index < -0.39 is 18.5 Å². The van der Waals surface area contributed by atoms with Crippen molar-refractivity contribution >= 4 is 40.8 Å². The van der Waals surface area contributed by atoms with Gasteiger partial charge in [-0.2, -0.15) is 0 Å². The minimum absolute atomic E-state index is 0.0599. The average Bonchev–Trinajstić information content (AvgIpc) is 3.13. The van der Waals surface area contributed by atoms with Gasteiger partial charge in [-0.05, 0) is 48.9 Å². The zero-order valence-electron chi connectivity index (χ0n) is 15.9. The highest BCUT2D eigenvalue weighted by Crippen LogP contribution is 2.24. The van der Waals surface area contributed by atoms with E-state index in [4.69, 9.17) is 21.1 Å². The van der Waals surface area contributed by atoms with Crippen LogP contribution in [-0.2, 0) is 25.5 Å².